The van der Waals surface area contributed by atoms with Crippen molar-refractivity contribution >= 4 is 22.8 Å². The zero-order chi connectivity index (χ0) is 21.1. The Morgan fingerprint density at radius 3 is 2.47 bits per heavy atom. The molecule has 0 aliphatic rings. The first-order valence-electron chi connectivity index (χ1n) is 9.39. The van der Waals surface area contributed by atoms with Crippen LogP contribution in [0.2, 0.25) is 0 Å². The molecule has 2 aromatic heterocycles. The summed E-state index contributed by atoms with van der Waals surface area (Å²) in [7, 11) is 1.69. The van der Waals surface area contributed by atoms with Crippen LogP contribution in [-0.4, -0.2) is 31.1 Å². The number of rotatable bonds is 5. The number of hydrazine groups is 1. The SMILES string of the molecule is Cn1c(=O)n(CCC(=O)NNC(=O)c2cc(-c3ccccc3)n[nH]2)c2ccccc21. The largest absolute Gasteiger partial charge is 0.328 e. The summed E-state index contributed by atoms with van der Waals surface area (Å²) in [5.74, 6) is -0.925. The minimum Gasteiger partial charge on any atom is -0.295 e. The lowest BCUT2D eigenvalue weighted by molar-refractivity contribution is -0.122. The van der Waals surface area contributed by atoms with Gasteiger partial charge in [-0.15, -0.1) is 0 Å². The highest BCUT2D eigenvalue weighted by Gasteiger charge is 2.14. The van der Waals surface area contributed by atoms with Crippen LogP contribution in [0.5, 0.6) is 0 Å². The Morgan fingerprint density at radius 2 is 1.70 bits per heavy atom. The summed E-state index contributed by atoms with van der Waals surface area (Å²) in [5.41, 5.74) is 7.80. The van der Waals surface area contributed by atoms with E-state index in [4.69, 9.17) is 0 Å². The predicted molar refractivity (Wildman–Crippen MR) is 111 cm³/mol. The molecule has 4 rings (SSSR count). The molecule has 4 aromatic rings. The number of aromatic nitrogens is 4. The summed E-state index contributed by atoms with van der Waals surface area (Å²) in [6.45, 7) is 0.199. The molecule has 9 heteroatoms. The second-order valence-electron chi connectivity index (χ2n) is 6.77. The minimum atomic E-state index is -0.514. The Kier molecular flexibility index (Phi) is 5.17. The van der Waals surface area contributed by atoms with Crippen LogP contribution in [0.15, 0.2) is 65.5 Å². The lowest BCUT2D eigenvalue weighted by Crippen LogP contribution is -2.42. The van der Waals surface area contributed by atoms with E-state index in [1.807, 2.05) is 54.6 Å². The molecule has 0 radical (unpaired) electrons. The van der Waals surface area contributed by atoms with Gasteiger partial charge in [0.25, 0.3) is 5.91 Å². The fourth-order valence-electron chi connectivity index (χ4n) is 3.24. The molecule has 3 N–H and O–H groups in total. The van der Waals surface area contributed by atoms with Crippen molar-refractivity contribution in [3.8, 4) is 11.3 Å². The van der Waals surface area contributed by atoms with Gasteiger partial charge in [-0.05, 0) is 18.2 Å². The second kappa shape index (κ2) is 8.08. The van der Waals surface area contributed by atoms with Crippen LogP contribution < -0.4 is 16.5 Å². The Hall–Kier alpha value is -4.14. The van der Waals surface area contributed by atoms with Gasteiger partial charge in [0.05, 0.1) is 16.7 Å². The highest BCUT2D eigenvalue weighted by atomic mass is 16.2. The van der Waals surface area contributed by atoms with E-state index in [0.29, 0.717) is 5.69 Å². The first-order chi connectivity index (χ1) is 14.5. The van der Waals surface area contributed by atoms with Crippen LogP contribution in [0.3, 0.4) is 0 Å². The number of aromatic amines is 1. The van der Waals surface area contributed by atoms with Crippen molar-refractivity contribution in [1.82, 2.24) is 30.2 Å². The third-order valence-corrected chi connectivity index (χ3v) is 4.82. The third kappa shape index (κ3) is 3.72. The smallest absolute Gasteiger partial charge is 0.295 e. The molecule has 0 atom stereocenters. The second-order valence-corrected chi connectivity index (χ2v) is 6.77. The number of carbonyl (C=O) groups excluding carboxylic acids is 2. The molecule has 30 heavy (non-hydrogen) atoms. The molecule has 2 heterocycles. The fourth-order valence-corrected chi connectivity index (χ4v) is 3.24. The van der Waals surface area contributed by atoms with Crippen LogP contribution >= 0.6 is 0 Å². The summed E-state index contributed by atoms with van der Waals surface area (Å²) in [6, 6.07) is 18.4. The topological polar surface area (TPSA) is 114 Å². The van der Waals surface area contributed by atoms with Crippen LogP contribution in [0, 0.1) is 0 Å². The van der Waals surface area contributed by atoms with Gasteiger partial charge in [-0.3, -0.25) is 34.7 Å². The van der Waals surface area contributed by atoms with E-state index in [0.717, 1.165) is 16.6 Å². The molecule has 0 saturated heterocycles. The van der Waals surface area contributed by atoms with Gasteiger partial charge in [-0.2, -0.15) is 5.10 Å². The van der Waals surface area contributed by atoms with Crippen molar-refractivity contribution in [2.75, 3.05) is 0 Å². The number of nitrogens with zero attached hydrogens (tertiary/aromatic N) is 3. The van der Waals surface area contributed by atoms with E-state index in [1.54, 1.807) is 13.1 Å². The third-order valence-electron chi connectivity index (χ3n) is 4.82. The van der Waals surface area contributed by atoms with Gasteiger partial charge < -0.3 is 0 Å². The summed E-state index contributed by atoms with van der Waals surface area (Å²) in [6.07, 6.45) is 0.0342. The standard InChI is InChI=1S/C21H20N6O3/c1-26-17-9-5-6-10-18(17)27(21(26)30)12-11-19(28)24-25-20(29)16-13-15(22-23-16)14-7-3-2-4-8-14/h2-10,13H,11-12H2,1H3,(H,22,23)(H,24,28)(H,25,29). The van der Waals surface area contributed by atoms with Crippen molar-refractivity contribution in [2.24, 2.45) is 7.05 Å². The molecule has 0 fully saturated rings. The van der Waals surface area contributed by atoms with Gasteiger partial charge in [0.1, 0.15) is 5.69 Å². The van der Waals surface area contributed by atoms with E-state index < -0.39 is 11.8 Å². The number of H-pyrrole nitrogens is 1. The lowest BCUT2D eigenvalue weighted by atomic mass is 10.1. The number of hydrogen-bond donors (Lipinski definition) is 3. The molecule has 9 nitrogen and oxygen atoms in total. The molecule has 2 amide bonds. The maximum atomic E-state index is 12.4. The zero-order valence-electron chi connectivity index (χ0n) is 16.3. The number of para-hydroxylation sites is 2. The summed E-state index contributed by atoms with van der Waals surface area (Å²) < 4.78 is 3.08. The van der Waals surface area contributed by atoms with Crippen molar-refractivity contribution in [2.45, 2.75) is 13.0 Å². The average Bonchev–Trinajstić information content (AvgIpc) is 3.36. The number of carbonyl (C=O) groups is 2. The maximum Gasteiger partial charge on any atom is 0.328 e. The Balaban J connectivity index is 1.35. The highest BCUT2D eigenvalue weighted by Crippen LogP contribution is 2.16. The molecule has 0 unspecified atom stereocenters. The van der Waals surface area contributed by atoms with Crippen molar-refractivity contribution < 1.29 is 9.59 Å². The van der Waals surface area contributed by atoms with E-state index in [2.05, 4.69) is 21.0 Å². The minimum absolute atomic E-state index is 0.0342. The van der Waals surface area contributed by atoms with E-state index in [-0.39, 0.29) is 24.3 Å². The Bertz CT molecular complexity index is 1270. The van der Waals surface area contributed by atoms with E-state index in [1.165, 1.54) is 9.13 Å². The Morgan fingerprint density at radius 1 is 1.00 bits per heavy atom. The summed E-state index contributed by atoms with van der Waals surface area (Å²) >= 11 is 0. The highest BCUT2D eigenvalue weighted by molar-refractivity contribution is 5.94. The summed E-state index contributed by atoms with van der Waals surface area (Å²) in [4.78, 5) is 36.8. The Labute approximate surface area is 171 Å². The van der Waals surface area contributed by atoms with Crippen LogP contribution in [0.25, 0.3) is 22.3 Å². The van der Waals surface area contributed by atoms with Crippen molar-refractivity contribution in [1.29, 1.82) is 0 Å². The van der Waals surface area contributed by atoms with Gasteiger partial charge in [0.15, 0.2) is 0 Å². The van der Waals surface area contributed by atoms with Gasteiger partial charge in [0, 0.05) is 25.6 Å². The first kappa shape index (κ1) is 19.2. The van der Waals surface area contributed by atoms with E-state index >= 15 is 0 Å². The first-order valence-corrected chi connectivity index (χ1v) is 9.39. The predicted octanol–water partition coefficient (Wildman–Crippen LogP) is 1.58. The van der Waals surface area contributed by atoms with Crippen LogP contribution in [-0.2, 0) is 18.4 Å². The van der Waals surface area contributed by atoms with Gasteiger partial charge in [-0.25, -0.2) is 4.79 Å². The van der Waals surface area contributed by atoms with Crippen LogP contribution in [0.1, 0.15) is 16.9 Å². The van der Waals surface area contributed by atoms with Crippen molar-refractivity contribution in [3.63, 3.8) is 0 Å². The number of fused-ring (bicyclic) bond motifs is 1. The average molecular weight is 404 g/mol. The van der Waals surface area contributed by atoms with Gasteiger partial charge in [0.2, 0.25) is 5.91 Å². The lowest BCUT2D eigenvalue weighted by Gasteiger charge is -2.07. The molecular formula is C21H20N6O3. The molecule has 0 bridgehead atoms. The molecule has 0 aliphatic carbocycles. The maximum absolute atomic E-state index is 12.4. The number of aryl methyl sites for hydroxylation is 2. The number of imidazole rings is 1. The molecular weight excluding hydrogens is 384 g/mol. The molecule has 0 aliphatic heterocycles. The monoisotopic (exact) mass is 404 g/mol. The summed E-state index contributed by atoms with van der Waals surface area (Å²) in [5, 5.41) is 6.77. The molecule has 2 aromatic carbocycles. The number of hydrogen-bond acceptors (Lipinski definition) is 4. The number of benzene rings is 2. The quantitative estimate of drug-likeness (QED) is 0.438. The molecule has 152 valence electrons. The van der Waals surface area contributed by atoms with Gasteiger partial charge in [-0.1, -0.05) is 42.5 Å². The fraction of sp³-hybridized carbons (Fsp3) is 0.143. The molecule has 0 saturated carbocycles. The number of nitrogens with one attached hydrogen (secondary N) is 3. The normalized spacial score (nSPS) is 10.8. The van der Waals surface area contributed by atoms with Crippen molar-refractivity contribution in [3.05, 3.63) is 76.8 Å². The molecule has 0 spiro atoms. The van der Waals surface area contributed by atoms with Crippen LogP contribution in [0.4, 0.5) is 0 Å². The zero-order valence-corrected chi connectivity index (χ0v) is 16.3. The number of amides is 2. The van der Waals surface area contributed by atoms with E-state index in [9.17, 15) is 14.4 Å². The van der Waals surface area contributed by atoms with Gasteiger partial charge >= 0.3 is 5.69 Å².